The minimum atomic E-state index is -3.54. The number of aryl methyl sites for hydroxylation is 3. The summed E-state index contributed by atoms with van der Waals surface area (Å²) in [6.07, 6.45) is 3.42. The second-order valence-corrected chi connectivity index (χ2v) is 8.37. The molecule has 0 saturated carbocycles. The van der Waals surface area contributed by atoms with E-state index in [0.29, 0.717) is 11.4 Å². The molecule has 0 spiro atoms. The molecular weight excluding hydrogens is 324 g/mol. The van der Waals surface area contributed by atoms with Gasteiger partial charge in [0.05, 0.1) is 10.9 Å². The van der Waals surface area contributed by atoms with Crippen molar-refractivity contribution in [2.75, 3.05) is 6.54 Å². The molecule has 5 nitrogen and oxygen atoms in total. The molecule has 3 rings (SSSR count). The zero-order chi connectivity index (χ0) is 17.3. The Kier molecular flexibility index (Phi) is 4.78. The molecule has 0 N–H and O–H groups in total. The minimum Gasteiger partial charge on any atom is -0.361 e. The van der Waals surface area contributed by atoms with Gasteiger partial charge in [-0.1, -0.05) is 24.2 Å². The third-order valence-electron chi connectivity index (χ3n) is 4.55. The van der Waals surface area contributed by atoms with E-state index < -0.39 is 10.0 Å². The largest absolute Gasteiger partial charge is 0.361 e. The van der Waals surface area contributed by atoms with E-state index in [9.17, 15) is 8.42 Å². The zero-order valence-electron chi connectivity index (χ0n) is 14.4. The summed E-state index contributed by atoms with van der Waals surface area (Å²) in [6.45, 7) is 6.35. The van der Waals surface area contributed by atoms with Crippen LogP contribution in [0.25, 0.3) is 0 Å². The fourth-order valence-electron chi connectivity index (χ4n) is 3.29. The van der Waals surface area contributed by atoms with Gasteiger partial charge in [0.15, 0.2) is 0 Å². The molecular formula is C18H24N2O3S. The van der Waals surface area contributed by atoms with Crippen molar-refractivity contribution in [3.05, 3.63) is 46.8 Å². The van der Waals surface area contributed by atoms with Gasteiger partial charge < -0.3 is 4.52 Å². The van der Waals surface area contributed by atoms with Crippen molar-refractivity contribution in [2.24, 2.45) is 0 Å². The molecule has 1 saturated heterocycles. The number of hydrogen-bond acceptors (Lipinski definition) is 4. The lowest BCUT2D eigenvalue weighted by molar-refractivity contribution is 0.343. The molecule has 24 heavy (non-hydrogen) atoms. The molecule has 1 aromatic heterocycles. The molecule has 0 aliphatic carbocycles. The van der Waals surface area contributed by atoms with E-state index in [-0.39, 0.29) is 6.04 Å². The maximum atomic E-state index is 13.2. The van der Waals surface area contributed by atoms with Crippen LogP contribution in [-0.2, 0) is 16.4 Å². The van der Waals surface area contributed by atoms with E-state index >= 15 is 0 Å². The first-order valence-corrected chi connectivity index (χ1v) is 9.92. The fourth-order valence-corrected chi connectivity index (χ4v) is 5.27. The van der Waals surface area contributed by atoms with E-state index in [1.54, 1.807) is 10.4 Å². The summed E-state index contributed by atoms with van der Waals surface area (Å²) in [6, 6.07) is 7.23. The molecule has 0 unspecified atom stereocenters. The Morgan fingerprint density at radius 2 is 2.08 bits per heavy atom. The minimum absolute atomic E-state index is 0.232. The number of nitrogens with zero attached hydrogens (tertiary/aromatic N) is 2. The second kappa shape index (κ2) is 6.69. The summed E-state index contributed by atoms with van der Waals surface area (Å²) < 4.78 is 33.3. The highest BCUT2D eigenvalue weighted by Crippen LogP contribution is 2.37. The highest BCUT2D eigenvalue weighted by Gasteiger charge is 2.38. The number of rotatable bonds is 5. The van der Waals surface area contributed by atoms with Crippen LogP contribution in [0, 0.1) is 13.8 Å². The standard InChI is InChI=1S/C18H24N2O3S/c1-4-6-15-12-16(19-23-15)17-7-5-10-20(17)24(21,22)18-11-13(2)8-9-14(18)3/h8-9,11-12,17H,4-7,10H2,1-3H3/t17-/m1/s1. The SMILES string of the molecule is CCCc1cc([C@H]2CCCN2S(=O)(=O)c2cc(C)ccc2C)no1. The van der Waals surface area contributed by atoms with Gasteiger partial charge in [0.1, 0.15) is 11.5 Å². The third kappa shape index (κ3) is 3.13. The lowest BCUT2D eigenvalue weighted by atomic mass is 10.1. The Bertz CT molecular complexity index is 827. The van der Waals surface area contributed by atoms with Gasteiger partial charge in [-0.15, -0.1) is 0 Å². The van der Waals surface area contributed by atoms with Gasteiger partial charge in [-0.2, -0.15) is 4.31 Å². The summed E-state index contributed by atoms with van der Waals surface area (Å²) in [7, 11) is -3.54. The average molecular weight is 348 g/mol. The molecule has 130 valence electrons. The van der Waals surface area contributed by atoms with Crippen LogP contribution in [0.3, 0.4) is 0 Å². The van der Waals surface area contributed by atoms with Gasteiger partial charge in [-0.05, 0) is 50.3 Å². The van der Waals surface area contributed by atoms with Gasteiger partial charge in [0.25, 0.3) is 0 Å². The molecule has 2 heterocycles. The van der Waals surface area contributed by atoms with Gasteiger partial charge >= 0.3 is 0 Å². The van der Waals surface area contributed by atoms with Crippen molar-refractivity contribution in [1.82, 2.24) is 9.46 Å². The maximum absolute atomic E-state index is 13.2. The Hall–Kier alpha value is -1.66. The van der Waals surface area contributed by atoms with Crippen molar-refractivity contribution in [2.45, 2.75) is 57.4 Å². The topological polar surface area (TPSA) is 63.4 Å². The highest BCUT2D eigenvalue weighted by atomic mass is 32.2. The predicted octanol–water partition coefficient (Wildman–Crippen LogP) is 3.77. The Morgan fingerprint density at radius 1 is 1.29 bits per heavy atom. The molecule has 1 aliphatic heterocycles. The smallest absolute Gasteiger partial charge is 0.243 e. The van der Waals surface area contributed by atoms with Crippen LogP contribution in [0.4, 0.5) is 0 Å². The normalized spacial score (nSPS) is 19.0. The van der Waals surface area contributed by atoms with Crippen molar-refractivity contribution in [3.63, 3.8) is 0 Å². The molecule has 0 bridgehead atoms. The van der Waals surface area contributed by atoms with E-state index in [0.717, 1.165) is 48.3 Å². The number of aromatic nitrogens is 1. The zero-order valence-corrected chi connectivity index (χ0v) is 15.3. The van der Waals surface area contributed by atoms with E-state index in [1.807, 2.05) is 32.0 Å². The predicted molar refractivity (Wildman–Crippen MR) is 92.3 cm³/mol. The summed E-state index contributed by atoms with van der Waals surface area (Å²) in [5.74, 6) is 0.823. The molecule has 2 aromatic rings. The number of benzene rings is 1. The van der Waals surface area contributed by atoms with Crippen LogP contribution in [0.2, 0.25) is 0 Å². The maximum Gasteiger partial charge on any atom is 0.243 e. The molecule has 0 radical (unpaired) electrons. The highest BCUT2D eigenvalue weighted by molar-refractivity contribution is 7.89. The molecule has 1 atom stereocenters. The third-order valence-corrected chi connectivity index (χ3v) is 6.60. The van der Waals surface area contributed by atoms with Crippen LogP contribution in [-0.4, -0.2) is 24.4 Å². The Balaban J connectivity index is 1.95. The molecule has 0 amide bonds. The lowest BCUT2D eigenvalue weighted by Crippen LogP contribution is -2.31. The van der Waals surface area contributed by atoms with Crippen LogP contribution >= 0.6 is 0 Å². The van der Waals surface area contributed by atoms with Crippen molar-refractivity contribution >= 4 is 10.0 Å². The van der Waals surface area contributed by atoms with Crippen LogP contribution in [0.5, 0.6) is 0 Å². The first-order chi connectivity index (χ1) is 11.4. The average Bonchev–Trinajstić information content (AvgIpc) is 3.18. The first kappa shape index (κ1) is 17.2. The monoisotopic (exact) mass is 348 g/mol. The fraction of sp³-hybridized carbons (Fsp3) is 0.500. The second-order valence-electron chi connectivity index (χ2n) is 6.51. The van der Waals surface area contributed by atoms with Gasteiger partial charge in [0.2, 0.25) is 10.0 Å². The van der Waals surface area contributed by atoms with Crippen LogP contribution < -0.4 is 0 Å². The summed E-state index contributed by atoms with van der Waals surface area (Å²) in [4.78, 5) is 0.395. The van der Waals surface area contributed by atoms with E-state index in [4.69, 9.17) is 4.52 Å². The molecule has 1 aromatic carbocycles. The Morgan fingerprint density at radius 3 is 2.83 bits per heavy atom. The Labute approximate surface area is 143 Å². The molecule has 1 aliphatic rings. The number of hydrogen-bond donors (Lipinski definition) is 0. The lowest BCUT2D eigenvalue weighted by Gasteiger charge is -2.23. The van der Waals surface area contributed by atoms with Crippen LogP contribution in [0.15, 0.2) is 33.7 Å². The number of sulfonamides is 1. The first-order valence-electron chi connectivity index (χ1n) is 8.48. The van der Waals surface area contributed by atoms with Crippen molar-refractivity contribution in [1.29, 1.82) is 0 Å². The molecule has 1 fully saturated rings. The van der Waals surface area contributed by atoms with Crippen LogP contribution in [0.1, 0.15) is 54.8 Å². The summed E-state index contributed by atoms with van der Waals surface area (Å²) >= 11 is 0. The quantitative estimate of drug-likeness (QED) is 0.825. The van der Waals surface area contributed by atoms with Crippen molar-refractivity contribution in [3.8, 4) is 0 Å². The van der Waals surface area contributed by atoms with Crippen molar-refractivity contribution < 1.29 is 12.9 Å². The van der Waals surface area contributed by atoms with Gasteiger partial charge in [-0.3, -0.25) is 0 Å². The summed E-state index contributed by atoms with van der Waals surface area (Å²) in [5.41, 5.74) is 2.45. The van der Waals surface area contributed by atoms with E-state index in [2.05, 4.69) is 12.1 Å². The molecule has 6 heteroatoms. The van der Waals surface area contributed by atoms with Gasteiger partial charge in [-0.25, -0.2) is 8.42 Å². The van der Waals surface area contributed by atoms with E-state index in [1.165, 1.54) is 0 Å². The van der Waals surface area contributed by atoms with Gasteiger partial charge in [0, 0.05) is 19.0 Å². The summed E-state index contributed by atoms with van der Waals surface area (Å²) in [5, 5.41) is 4.13.